The number of nitrogens with zero attached hydrogens (tertiary/aromatic N) is 3. The molecule has 5 saturated carbocycles. The predicted molar refractivity (Wildman–Crippen MR) is 159 cm³/mol. The Morgan fingerprint density at radius 2 is 1.63 bits per heavy atom. The van der Waals surface area contributed by atoms with E-state index in [1.165, 1.54) is 23.8 Å². The van der Waals surface area contributed by atoms with Gasteiger partial charge in [0.25, 0.3) is 0 Å². The van der Waals surface area contributed by atoms with Gasteiger partial charge in [-0.2, -0.15) is 0 Å². The molecule has 2 bridgehead atoms. The number of hydrogen-bond acceptors (Lipinski definition) is 6. The second-order valence-corrected chi connectivity index (χ2v) is 13.6. The van der Waals surface area contributed by atoms with Gasteiger partial charge in [0, 0.05) is 46.4 Å². The van der Waals surface area contributed by atoms with Gasteiger partial charge in [0.05, 0.1) is 34.4 Å². The van der Waals surface area contributed by atoms with E-state index < -0.39 is 0 Å². The van der Waals surface area contributed by atoms with Gasteiger partial charge >= 0.3 is 0 Å². The van der Waals surface area contributed by atoms with Crippen LogP contribution in [-0.2, 0) is 11.3 Å². The molecule has 5 aliphatic carbocycles. The minimum Gasteiger partial charge on any atom is -0.493 e. The number of rotatable bonds is 9. The molecule has 0 radical (unpaired) electrons. The summed E-state index contributed by atoms with van der Waals surface area (Å²) in [6.45, 7) is 1.21. The fourth-order valence-electron chi connectivity index (χ4n) is 7.07. The molecule has 3 aromatic heterocycles. The number of fused-ring (bicyclic) bond motifs is 4. The molecule has 6 nitrogen and oxygen atoms in total. The minimum absolute atomic E-state index is 0.114. The maximum absolute atomic E-state index is 6.81. The van der Waals surface area contributed by atoms with Gasteiger partial charge in [0.2, 0.25) is 0 Å². The van der Waals surface area contributed by atoms with Crippen LogP contribution in [0.2, 0.25) is 10.0 Å². The Labute approximate surface area is 249 Å². The van der Waals surface area contributed by atoms with Crippen LogP contribution in [0.25, 0.3) is 22.2 Å². The third kappa shape index (κ3) is 4.82. The van der Waals surface area contributed by atoms with Crippen molar-refractivity contribution in [1.82, 2.24) is 15.1 Å². The van der Waals surface area contributed by atoms with E-state index in [0.717, 1.165) is 80.6 Å². The lowest BCUT2D eigenvalue weighted by molar-refractivity contribution is -0.150. The molecule has 212 valence electrons. The Morgan fingerprint density at radius 3 is 2.34 bits per heavy atom. The maximum Gasteiger partial charge on any atom is 0.145 e. The molecular weight excluding hydrogens is 557 g/mol. The molecule has 0 spiro atoms. The third-order valence-corrected chi connectivity index (χ3v) is 10.6. The molecule has 1 aromatic carbocycles. The largest absolute Gasteiger partial charge is 0.493 e. The summed E-state index contributed by atoms with van der Waals surface area (Å²) in [6, 6.07) is 8.58. The zero-order valence-corrected chi connectivity index (χ0v) is 24.5. The summed E-state index contributed by atoms with van der Waals surface area (Å²) < 4.78 is 19.2. The molecule has 0 aliphatic heterocycles. The van der Waals surface area contributed by atoms with Gasteiger partial charge in [-0.05, 0) is 100.0 Å². The second-order valence-electron chi connectivity index (χ2n) is 12.7. The lowest BCUT2D eigenvalue weighted by Crippen LogP contribution is -2.49. The van der Waals surface area contributed by atoms with Gasteiger partial charge in [0.1, 0.15) is 17.2 Å². The van der Waals surface area contributed by atoms with Crippen molar-refractivity contribution in [3.05, 3.63) is 69.8 Å². The highest BCUT2D eigenvalue weighted by Gasteiger charge is 2.50. The van der Waals surface area contributed by atoms with E-state index in [1.54, 1.807) is 12.4 Å². The van der Waals surface area contributed by atoms with Gasteiger partial charge < -0.3 is 14.0 Å². The molecule has 0 N–H and O–H groups in total. The minimum atomic E-state index is -0.114. The van der Waals surface area contributed by atoms with E-state index in [-0.39, 0.29) is 11.0 Å². The Hall–Kier alpha value is -2.67. The van der Waals surface area contributed by atoms with Crippen LogP contribution in [0.5, 0.6) is 5.75 Å². The summed E-state index contributed by atoms with van der Waals surface area (Å²) in [5, 5.41) is 6.61. The monoisotopic (exact) mass is 589 g/mol. The number of ether oxygens (including phenoxy) is 2. The molecule has 0 unspecified atom stereocenters. The van der Waals surface area contributed by atoms with Crippen molar-refractivity contribution >= 4 is 34.1 Å². The van der Waals surface area contributed by atoms with Crippen LogP contribution in [0.4, 0.5) is 0 Å². The third-order valence-electron chi connectivity index (χ3n) is 10.0. The summed E-state index contributed by atoms with van der Waals surface area (Å²) in [4.78, 5) is 8.68. The van der Waals surface area contributed by atoms with Gasteiger partial charge in [0.15, 0.2) is 0 Å². The van der Waals surface area contributed by atoms with Crippen molar-refractivity contribution in [3.63, 3.8) is 0 Å². The summed E-state index contributed by atoms with van der Waals surface area (Å²) in [6.07, 6.45) is 16.4. The van der Waals surface area contributed by atoms with E-state index in [0.29, 0.717) is 39.7 Å². The van der Waals surface area contributed by atoms with Crippen molar-refractivity contribution in [2.24, 2.45) is 5.41 Å². The lowest BCUT2D eigenvalue weighted by atomic mass is 9.59. The van der Waals surface area contributed by atoms with E-state index in [2.05, 4.69) is 39.4 Å². The van der Waals surface area contributed by atoms with Crippen LogP contribution in [0.1, 0.15) is 92.9 Å². The molecule has 0 atom stereocenters. The highest BCUT2D eigenvalue weighted by atomic mass is 35.5. The zero-order chi connectivity index (χ0) is 27.6. The molecule has 4 aromatic rings. The molecule has 9 rings (SSSR count). The quantitative estimate of drug-likeness (QED) is 0.194. The normalized spacial score (nSPS) is 25.6. The molecule has 0 amide bonds. The van der Waals surface area contributed by atoms with Gasteiger partial charge in [-0.15, -0.1) is 0 Å². The number of hydrogen-bond donors (Lipinski definition) is 0. The van der Waals surface area contributed by atoms with Gasteiger partial charge in [-0.3, -0.25) is 9.97 Å². The van der Waals surface area contributed by atoms with E-state index in [4.69, 9.17) is 37.2 Å². The first-order valence-electron chi connectivity index (χ1n) is 14.9. The number of pyridine rings is 2. The van der Waals surface area contributed by atoms with E-state index >= 15 is 0 Å². The SMILES string of the molecule is Clc1cncc(Cl)c1-c1noc(C2CC2)c1COC12CCC(COc3ccc4nccc(C5CC5)c4c3)(CC1)CC2. The fraction of sp³-hybridized carbons (Fsp3) is 0.485. The lowest BCUT2D eigenvalue weighted by Gasteiger charge is -2.52. The highest BCUT2D eigenvalue weighted by Crippen LogP contribution is 2.55. The van der Waals surface area contributed by atoms with Crippen molar-refractivity contribution in [3.8, 4) is 17.0 Å². The van der Waals surface area contributed by atoms with Crippen LogP contribution in [0.3, 0.4) is 0 Å². The molecule has 3 heterocycles. The molecule has 0 saturated heterocycles. The summed E-state index contributed by atoms with van der Waals surface area (Å²) in [5.74, 6) is 2.97. The van der Waals surface area contributed by atoms with E-state index in [9.17, 15) is 0 Å². The van der Waals surface area contributed by atoms with Gasteiger partial charge in [-0.1, -0.05) is 28.4 Å². The highest BCUT2D eigenvalue weighted by molar-refractivity contribution is 6.38. The van der Waals surface area contributed by atoms with Crippen molar-refractivity contribution < 1.29 is 14.0 Å². The fourth-order valence-corrected chi connectivity index (χ4v) is 7.62. The smallest absolute Gasteiger partial charge is 0.145 e. The second kappa shape index (κ2) is 9.96. The first-order chi connectivity index (χ1) is 20.0. The Bertz CT molecular complexity index is 1580. The first kappa shape index (κ1) is 26.0. The number of halogens is 2. The standard InChI is InChI=1S/C33H33Cl2N3O3/c34-26-16-36-17-27(35)29(26)30-25(31(41-38-30)21-3-4-21)18-40-33-11-8-32(9-12-33,10-13-33)19-39-22-5-6-28-24(15-22)23(7-14-37-28)20-1-2-20/h5-7,14-17,20-21H,1-4,8-13,18-19H2. The number of benzene rings is 1. The van der Waals surface area contributed by atoms with Crippen molar-refractivity contribution in [2.45, 2.75) is 88.3 Å². The Balaban J connectivity index is 0.954. The number of aromatic nitrogens is 3. The summed E-state index contributed by atoms with van der Waals surface area (Å²) >= 11 is 13.0. The molecular formula is C33H33Cl2N3O3. The maximum atomic E-state index is 6.81. The van der Waals surface area contributed by atoms with Crippen LogP contribution >= 0.6 is 23.2 Å². The van der Waals surface area contributed by atoms with Crippen LogP contribution < -0.4 is 4.74 Å². The molecule has 41 heavy (non-hydrogen) atoms. The summed E-state index contributed by atoms with van der Waals surface area (Å²) in [5.41, 5.74) is 4.93. The van der Waals surface area contributed by atoms with Crippen LogP contribution in [-0.4, -0.2) is 27.3 Å². The predicted octanol–water partition coefficient (Wildman–Crippen LogP) is 9.03. The molecule has 5 fully saturated rings. The van der Waals surface area contributed by atoms with Crippen molar-refractivity contribution in [2.75, 3.05) is 6.61 Å². The van der Waals surface area contributed by atoms with Crippen molar-refractivity contribution in [1.29, 1.82) is 0 Å². The average molecular weight is 591 g/mol. The topological polar surface area (TPSA) is 70.3 Å². The van der Waals surface area contributed by atoms with E-state index in [1.807, 2.05) is 6.20 Å². The average Bonchev–Trinajstić information content (AvgIpc) is 3.94. The van der Waals surface area contributed by atoms with Crippen LogP contribution in [0, 0.1) is 5.41 Å². The molecule has 8 heteroatoms. The Kier molecular flexibility index (Phi) is 6.32. The first-order valence-corrected chi connectivity index (χ1v) is 15.7. The van der Waals surface area contributed by atoms with Gasteiger partial charge in [-0.25, -0.2) is 0 Å². The summed E-state index contributed by atoms with van der Waals surface area (Å²) in [7, 11) is 0. The Morgan fingerprint density at radius 1 is 0.902 bits per heavy atom. The zero-order valence-electron chi connectivity index (χ0n) is 23.0. The molecule has 5 aliphatic rings. The van der Waals surface area contributed by atoms with Crippen LogP contribution in [0.15, 0.2) is 47.4 Å².